The Labute approximate surface area is 524 Å². The van der Waals surface area contributed by atoms with E-state index in [1.807, 2.05) is 0 Å². The van der Waals surface area contributed by atoms with E-state index >= 15 is 0 Å². The predicted molar refractivity (Wildman–Crippen MR) is 345 cm³/mol. The third-order valence-electron chi connectivity index (χ3n) is 15.6. The molecule has 0 aromatic rings. The molecule has 0 aromatic carbocycles. The first-order chi connectivity index (χ1) is 41.7. The minimum atomic E-state index is -4.94. The van der Waals surface area contributed by atoms with Crippen LogP contribution in [0.5, 0.6) is 0 Å². The summed E-state index contributed by atoms with van der Waals surface area (Å²) in [7, 11) is -9.87. The molecule has 19 heteroatoms. The molecular weight excluding hydrogens is 1140 g/mol. The van der Waals surface area contributed by atoms with Gasteiger partial charge in [0.1, 0.15) is 19.3 Å². The molecule has 0 aliphatic rings. The number of hydrogen-bond acceptors (Lipinski definition) is 15. The van der Waals surface area contributed by atoms with Crippen LogP contribution in [0.2, 0.25) is 0 Å². The smallest absolute Gasteiger partial charge is 0.462 e. The third kappa shape index (κ3) is 60.9. The number of rotatable bonds is 68. The second kappa shape index (κ2) is 61.9. The fourth-order valence-electron chi connectivity index (χ4n) is 10.2. The van der Waals surface area contributed by atoms with Gasteiger partial charge in [-0.25, -0.2) is 9.13 Å². The molecule has 86 heavy (non-hydrogen) atoms. The zero-order valence-corrected chi connectivity index (χ0v) is 57.1. The maximum atomic E-state index is 13.0. The van der Waals surface area contributed by atoms with E-state index in [0.717, 1.165) is 103 Å². The summed E-state index contributed by atoms with van der Waals surface area (Å²) in [5, 5.41) is 10.5. The van der Waals surface area contributed by atoms with Crippen LogP contribution in [-0.2, 0) is 65.4 Å². The van der Waals surface area contributed by atoms with Crippen LogP contribution in [0, 0.1) is 0 Å². The van der Waals surface area contributed by atoms with Crippen molar-refractivity contribution in [2.24, 2.45) is 0 Å². The topological polar surface area (TPSA) is 237 Å². The van der Waals surface area contributed by atoms with Crippen molar-refractivity contribution in [3.63, 3.8) is 0 Å². The molecule has 0 saturated heterocycles. The number of phosphoric acid groups is 2. The van der Waals surface area contributed by atoms with Crippen LogP contribution in [0.1, 0.15) is 349 Å². The molecule has 2 unspecified atom stereocenters. The molecule has 0 rings (SSSR count). The highest BCUT2D eigenvalue weighted by Crippen LogP contribution is 2.45. The molecule has 0 spiro atoms. The highest BCUT2D eigenvalue weighted by atomic mass is 31.2. The van der Waals surface area contributed by atoms with Gasteiger partial charge in [0.2, 0.25) is 0 Å². The lowest BCUT2D eigenvalue weighted by molar-refractivity contribution is -0.161. The lowest BCUT2D eigenvalue weighted by atomic mass is 10.0. The standard InChI is InChI=1S/C67H130O17P2/c1-5-9-13-17-20-23-25-26-27-28-29-30-31-32-33-34-35-37-39-42-46-50-54-67(72)84-63(58-78-65(70)52-48-44-41-38-36-24-21-18-14-10-6-2)60-82-86(75,76)80-56-61(68)55-79-85(73,74)81-59-62(57-77-64(69)51-47-43-16-12-8-4)83-66(71)53-49-45-40-22-19-15-11-7-3/h61-63,68H,5-60H2,1-4H3,(H,73,74)(H,75,76)/t61-,62+,63+/m0/s1. The summed E-state index contributed by atoms with van der Waals surface area (Å²) < 4.78 is 67.8. The molecule has 510 valence electrons. The summed E-state index contributed by atoms with van der Waals surface area (Å²) >= 11 is 0. The van der Waals surface area contributed by atoms with E-state index in [4.69, 9.17) is 37.0 Å². The van der Waals surface area contributed by atoms with E-state index < -0.39 is 97.5 Å². The highest BCUT2D eigenvalue weighted by Gasteiger charge is 2.30. The number of hydrogen-bond donors (Lipinski definition) is 3. The lowest BCUT2D eigenvalue weighted by Gasteiger charge is -2.21. The molecular formula is C67H130O17P2. The number of aliphatic hydroxyl groups excluding tert-OH is 1. The zero-order chi connectivity index (χ0) is 63.3. The minimum Gasteiger partial charge on any atom is -0.462 e. The van der Waals surface area contributed by atoms with Crippen LogP contribution < -0.4 is 0 Å². The van der Waals surface area contributed by atoms with Crippen LogP contribution in [0.25, 0.3) is 0 Å². The minimum absolute atomic E-state index is 0.104. The van der Waals surface area contributed by atoms with Crippen molar-refractivity contribution >= 4 is 39.5 Å². The van der Waals surface area contributed by atoms with Gasteiger partial charge in [0.25, 0.3) is 0 Å². The fourth-order valence-corrected chi connectivity index (χ4v) is 11.7. The van der Waals surface area contributed by atoms with E-state index in [0.29, 0.717) is 25.7 Å². The number of unbranched alkanes of at least 4 members (excludes halogenated alkanes) is 42. The van der Waals surface area contributed by atoms with Crippen molar-refractivity contribution in [2.45, 2.75) is 367 Å². The average molecular weight is 1270 g/mol. The van der Waals surface area contributed by atoms with Crippen molar-refractivity contribution in [1.29, 1.82) is 0 Å². The first kappa shape index (κ1) is 84.1. The van der Waals surface area contributed by atoms with Crippen LogP contribution in [-0.4, -0.2) is 96.7 Å². The van der Waals surface area contributed by atoms with Gasteiger partial charge in [-0.05, 0) is 25.7 Å². The molecule has 0 aromatic heterocycles. The second-order valence-corrected chi connectivity index (χ2v) is 27.1. The summed E-state index contributed by atoms with van der Waals surface area (Å²) in [6, 6.07) is 0. The predicted octanol–water partition coefficient (Wildman–Crippen LogP) is 19.1. The van der Waals surface area contributed by atoms with Gasteiger partial charge in [0.15, 0.2) is 12.2 Å². The van der Waals surface area contributed by atoms with Gasteiger partial charge in [-0.1, -0.05) is 297 Å². The maximum Gasteiger partial charge on any atom is 0.472 e. The van der Waals surface area contributed by atoms with Gasteiger partial charge in [0.05, 0.1) is 26.4 Å². The van der Waals surface area contributed by atoms with Crippen molar-refractivity contribution in [2.75, 3.05) is 39.6 Å². The van der Waals surface area contributed by atoms with Crippen molar-refractivity contribution in [1.82, 2.24) is 0 Å². The number of phosphoric ester groups is 2. The molecule has 0 heterocycles. The molecule has 0 aliphatic heterocycles. The van der Waals surface area contributed by atoms with Gasteiger partial charge >= 0.3 is 39.5 Å². The number of carbonyl (C=O) groups is 4. The lowest BCUT2D eigenvalue weighted by Crippen LogP contribution is -2.30. The maximum absolute atomic E-state index is 13.0. The highest BCUT2D eigenvalue weighted by molar-refractivity contribution is 7.47. The third-order valence-corrected chi connectivity index (χ3v) is 17.5. The van der Waals surface area contributed by atoms with Crippen LogP contribution in [0.15, 0.2) is 0 Å². The van der Waals surface area contributed by atoms with Crippen molar-refractivity contribution < 1.29 is 80.2 Å². The number of ether oxygens (including phenoxy) is 4. The summed E-state index contributed by atoms with van der Waals surface area (Å²) in [5.74, 6) is -2.14. The fraction of sp³-hybridized carbons (Fsp3) is 0.940. The Hall–Kier alpha value is -1.94. The van der Waals surface area contributed by atoms with Gasteiger partial charge in [0, 0.05) is 25.7 Å². The van der Waals surface area contributed by atoms with E-state index in [2.05, 4.69) is 27.7 Å². The summed E-state index contributed by atoms with van der Waals surface area (Å²) in [5.41, 5.74) is 0. The molecule has 0 radical (unpaired) electrons. The Kier molecular flexibility index (Phi) is 60.5. The molecule has 0 saturated carbocycles. The van der Waals surface area contributed by atoms with Gasteiger partial charge in [-0.2, -0.15) is 0 Å². The zero-order valence-electron chi connectivity index (χ0n) is 55.3. The first-order valence-corrected chi connectivity index (χ1v) is 38.3. The Morgan fingerprint density at radius 3 is 0.686 bits per heavy atom. The largest absolute Gasteiger partial charge is 0.472 e. The summed E-state index contributed by atoms with van der Waals surface area (Å²) in [6.45, 7) is 4.79. The Balaban J connectivity index is 5.04. The first-order valence-electron chi connectivity index (χ1n) is 35.3. The van der Waals surface area contributed by atoms with Crippen LogP contribution >= 0.6 is 15.6 Å². The molecule has 17 nitrogen and oxygen atoms in total. The Morgan fingerprint density at radius 2 is 0.465 bits per heavy atom. The molecule has 5 atom stereocenters. The summed E-state index contributed by atoms with van der Waals surface area (Å²) in [4.78, 5) is 71.9. The molecule has 0 amide bonds. The number of carbonyl (C=O) groups excluding carboxylic acids is 4. The molecule has 3 N–H and O–H groups in total. The van der Waals surface area contributed by atoms with E-state index in [1.54, 1.807) is 0 Å². The normalized spacial score (nSPS) is 14.1. The second-order valence-electron chi connectivity index (χ2n) is 24.2. The van der Waals surface area contributed by atoms with Crippen molar-refractivity contribution in [3.8, 4) is 0 Å². The summed E-state index contributed by atoms with van der Waals surface area (Å²) in [6.07, 6.45) is 49.3. The van der Waals surface area contributed by atoms with Crippen molar-refractivity contribution in [3.05, 3.63) is 0 Å². The van der Waals surface area contributed by atoms with Gasteiger partial charge in [-0.15, -0.1) is 0 Å². The SMILES string of the molecule is CCCCCCCCCCCCCCCCCCCCCCCCC(=O)O[C@H](COC(=O)CCCCCCCCCCCCC)COP(=O)(O)OC[C@@H](O)COP(=O)(O)OC[C@@H](COC(=O)CCCCCCC)OC(=O)CCCCCCCCCC. The Morgan fingerprint density at radius 1 is 0.279 bits per heavy atom. The molecule has 0 aliphatic carbocycles. The molecule has 0 bridgehead atoms. The Bertz CT molecular complexity index is 1650. The van der Waals surface area contributed by atoms with Crippen LogP contribution in [0.3, 0.4) is 0 Å². The van der Waals surface area contributed by atoms with Gasteiger partial charge in [-0.3, -0.25) is 37.3 Å². The van der Waals surface area contributed by atoms with E-state index in [-0.39, 0.29) is 25.7 Å². The van der Waals surface area contributed by atoms with Gasteiger partial charge < -0.3 is 33.8 Å². The number of esters is 4. The average Bonchev–Trinajstić information content (AvgIpc) is 3.63. The van der Waals surface area contributed by atoms with E-state index in [1.165, 1.54) is 167 Å². The van der Waals surface area contributed by atoms with E-state index in [9.17, 15) is 43.2 Å². The molecule has 0 fully saturated rings. The quantitative estimate of drug-likeness (QED) is 0.0222. The number of aliphatic hydroxyl groups is 1. The monoisotopic (exact) mass is 1270 g/mol. The van der Waals surface area contributed by atoms with Crippen LogP contribution in [0.4, 0.5) is 0 Å².